The number of rotatable bonds is 6. The maximum absolute atomic E-state index is 13.5. The summed E-state index contributed by atoms with van der Waals surface area (Å²) in [5.74, 6) is 1.31. The Kier molecular flexibility index (Phi) is 6.02. The van der Waals surface area contributed by atoms with Crippen LogP contribution in [0, 0.1) is 5.82 Å². The number of ether oxygens (including phenoxy) is 2. The van der Waals surface area contributed by atoms with Crippen LogP contribution in [0.15, 0.2) is 72.8 Å². The molecule has 0 radical (unpaired) electrons. The first-order chi connectivity index (χ1) is 14.5. The fourth-order valence-electron chi connectivity index (χ4n) is 3.64. The summed E-state index contributed by atoms with van der Waals surface area (Å²) >= 11 is 0. The SMILES string of the molecule is CC(O)(COc1ccccc1)c1ccc2c(c1)CN(Cc1cccc(F)c1)CCO2. The Bertz CT molecular complexity index is 991. The Balaban J connectivity index is 1.49. The zero-order valence-electron chi connectivity index (χ0n) is 17.1. The van der Waals surface area contributed by atoms with E-state index in [0.717, 1.165) is 34.7 Å². The molecule has 0 saturated carbocycles. The average molecular weight is 407 g/mol. The lowest BCUT2D eigenvalue weighted by atomic mass is 9.94. The normalized spacial score (nSPS) is 16.1. The number of aliphatic hydroxyl groups is 1. The van der Waals surface area contributed by atoms with Gasteiger partial charge in [-0.05, 0) is 54.4 Å². The van der Waals surface area contributed by atoms with Gasteiger partial charge in [0.1, 0.15) is 36.1 Å². The van der Waals surface area contributed by atoms with Crippen LogP contribution in [-0.2, 0) is 18.7 Å². The molecule has 4 nitrogen and oxygen atoms in total. The number of fused-ring (bicyclic) bond motifs is 1. The average Bonchev–Trinajstić information content (AvgIpc) is 2.94. The highest BCUT2D eigenvalue weighted by molar-refractivity contribution is 5.40. The Morgan fingerprint density at radius 3 is 2.70 bits per heavy atom. The molecule has 1 aliphatic heterocycles. The summed E-state index contributed by atoms with van der Waals surface area (Å²) in [6, 6.07) is 21.9. The Labute approximate surface area is 176 Å². The molecule has 0 amide bonds. The number of halogens is 1. The molecule has 1 unspecified atom stereocenters. The Morgan fingerprint density at radius 1 is 1.07 bits per heavy atom. The van der Waals surface area contributed by atoms with E-state index in [1.54, 1.807) is 19.1 Å². The molecule has 0 fully saturated rings. The third-order valence-corrected chi connectivity index (χ3v) is 5.30. The van der Waals surface area contributed by atoms with Crippen LogP contribution in [0.5, 0.6) is 11.5 Å². The number of para-hydroxylation sites is 1. The van der Waals surface area contributed by atoms with Crippen molar-refractivity contribution in [2.75, 3.05) is 19.8 Å². The summed E-state index contributed by atoms with van der Waals surface area (Å²) in [4.78, 5) is 2.22. The first-order valence-corrected chi connectivity index (χ1v) is 10.1. The molecular formula is C25H26FNO3. The summed E-state index contributed by atoms with van der Waals surface area (Å²) in [6.45, 7) is 4.50. The van der Waals surface area contributed by atoms with Crippen LogP contribution in [-0.4, -0.2) is 29.8 Å². The minimum absolute atomic E-state index is 0.143. The Hall–Kier alpha value is -2.89. The molecule has 1 atom stereocenters. The molecule has 4 rings (SSSR count). The summed E-state index contributed by atoms with van der Waals surface area (Å²) in [5.41, 5.74) is 1.55. The molecule has 156 valence electrons. The number of nitrogens with zero attached hydrogens (tertiary/aromatic N) is 1. The van der Waals surface area contributed by atoms with Gasteiger partial charge in [0.25, 0.3) is 0 Å². The van der Waals surface area contributed by atoms with E-state index in [1.165, 1.54) is 6.07 Å². The van der Waals surface area contributed by atoms with Gasteiger partial charge in [-0.25, -0.2) is 4.39 Å². The van der Waals surface area contributed by atoms with E-state index in [4.69, 9.17) is 9.47 Å². The first-order valence-electron chi connectivity index (χ1n) is 10.1. The molecule has 3 aromatic carbocycles. The van der Waals surface area contributed by atoms with Crippen LogP contribution >= 0.6 is 0 Å². The highest BCUT2D eigenvalue weighted by Gasteiger charge is 2.26. The molecule has 1 N–H and O–H groups in total. The number of benzene rings is 3. The van der Waals surface area contributed by atoms with Gasteiger partial charge in [0, 0.05) is 25.2 Å². The topological polar surface area (TPSA) is 41.9 Å². The molecule has 3 aromatic rings. The zero-order chi connectivity index (χ0) is 21.0. The molecule has 0 aromatic heterocycles. The van der Waals surface area contributed by atoms with Crippen molar-refractivity contribution in [2.24, 2.45) is 0 Å². The number of hydrogen-bond acceptors (Lipinski definition) is 4. The van der Waals surface area contributed by atoms with Gasteiger partial charge in [0.15, 0.2) is 0 Å². The van der Waals surface area contributed by atoms with Crippen molar-refractivity contribution in [1.29, 1.82) is 0 Å². The van der Waals surface area contributed by atoms with Crippen LogP contribution in [0.2, 0.25) is 0 Å². The molecule has 0 bridgehead atoms. The minimum atomic E-state index is -1.15. The number of hydrogen-bond donors (Lipinski definition) is 1. The lowest BCUT2D eigenvalue weighted by Gasteiger charge is -2.25. The van der Waals surface area contributed by atoms with Crippen LogP contribution in [0.25, 0.3) is 0 Å². The second kappa shape index (κ2) is 8.86. The third kappa shape index (κ3) is 4.99. The van der Waals surface area contributed by atoms with Crippen LogP contribution in [0.3, 0.4) is 0 Å². The first kappa shape index (κ1) is 20.4. The predicted octanol–water partition coefficient (Wildman–Crippen LogP) is 4.51. The van der Waals surface area contributed by atoms with Crippen LogP contribution in [0.1, 0.15) is 23.6 Å². The smallest absolute Gasteiger partial charge is 0.123 e. The fraction of sp³-hybridized carbons (Fsp3) is 0.280. The van der Waals surface area contributed by atoms with Gasteiger partial charge in [-0.1, -0.05) is 36.4 Å². The molecule has 5 heteroatoms. The Morgan fingerprint density at radius 2 is 1.90 bits per heavy atom. The standard InChI is InChI=1S/C25H26FNO3/c1-25(28,18-30-23-8-3-2-4-9-23)21-10-11-24-20(15-21)17-27(12-13-29-24)16-19-6-5-7-22(26)14-19/h2-11,14-15,28H,12-13,16-18H2,1H3. The van der Waals surface area contributed by atoms with E-state index >= 15 is 0 Å². The molecule has 0 saturated heterocycles. The predicted molar refractivity (Wildman–Crippen MR) is 114 cm³/mol. The van der Waals surface area contributed by atoms with Crippen molar-refractivity contribution in [3.63, 3.8) is 0 Å². The van der Waals surface area contributed by atoms with Gasteiger partial charge in [-0.2, -0.15) is 0 Å². The van der Waals surface area contributed by atoms with Crippen molar-refractivity contribution >= 4 is 0 Å². The van der Waals surface area contributed by atoms with E-state index < -0.39 is 5.60 Å². The van der Waals surface area contributed by atoms with Crippen molar-refractivity contribution in [1.82, 2.24) is 4.90 Å². The summed E-state index contributed by atoms with van der Waals surface area (Å²) in [5, 5.41) is 11.0. The van der Waals surface area contributed by atoms with E-state index in [0.29, 0.717) is 19.7 Å². The minimum Gasteiger partial charge on any atom is -0.492 e. The molecule has 1 aliphatic rings. The van der Waals surface area contributed by atoms with Gasteiger partial charge >= 0.3 is 0 Å². The van der Waals surface area contributed by atoms with Gasteiger partial charge in [-0.15, -0.1) is 0 Å². The third-order valence-electron chi connectivity index (χ3n) is 5.30. The highest BCUT2D eigenvalue weighted by atomic mass is 19.1. The largest absolute Gasteiger partial charge is 0.492 e. The molecule has 1 heterocycles. The molecule has 0 spiro atoms. The van der Waals surface area contributed by atoms with Crippen molar-refractivity contribution in [2.45, 2.75) is 25.6 Å². The zero-order valence-corrected chi connectivity index (χ0v) is 17.1. The lowest BCUT2D eigenvalue weighted by molar-refractivity contribution is 0.00748. The summed E-state index contributed by atoms with van der Waals surface area (Å²) in [7, 11) is 0. The van der Waals surface area contributed by atoms with Crippen molar-refractivity contribution in [3.8, 4) is 11.5 Å². The maximum Gasteiger partial charge on any atom is 0.123 e. The monoisotopic (exact) mass is 407 g/mol. The summed E-state index contributed by atoms with van der Waals surface area (Å²) < 4.78 is 25.2. The van der Waals surface area contributed by atoms with Gasteiger partial charge < -0.3 is 14.6 Å². The molecule has 0 aliphatic carbocycles. The van der Waals surface area contributed by atoms with E-state index in [9.17, 15) is 9.50 Å². The van der Waals surface area contributed by atoms with Gasteiger partial charge in [0.05, 0.1) is 0 Å². The second-order valence-corrected chi connectivity index (χ2v) is 7.89. The lowest BCUT2D eigenvalue weighted by Crippen LogP contribution is -2.30. The van der Waals surface area contributed by atoms with Gasteiger partial charge in [0.2, 0.25) is 0 Å². The molecule has 30 heavy (non-hydrogen) atoms. The van der Waals surface area contributed by atoms with Crippen LogP contribution in [0.4, 0.5) is 4.39 Å². The maximum atomic E-state index is 13.5. The van der Waals surface area contributed by atoms with E-state index in [2.05, 4.69) is 4.90 Å². The van der Waals surface area contributed by atoms with Crippen LogP contribution < -0.4 is 9.47 Å². The van der Waals surface area contributed by atoms with Crippen molar-refractivity contribution in [3.05, 3.63) is 95.3 Å². The van der Waals surface area contributed by atoms with E-state index in [1.807, 2.05) is 54.6 Å². The highest BCUT2D eigenvalue weighted by Crippen LogP contribution is 2.30. The summed E-state index contributed by atoms with van der Waals surface area (Å²) in [6.07, 6.45) is 0. The second-order valence-electron chi connectivity index (χ2n) is 7.89. The molecular weight excluding hydrogens is 381 g/mol. The van der Waals surface area contributed by atoms with Crippen molar-refractivity contribution < 1.29 is 19.0 Å². The fourth-order valence-corrected chi connectivity index (χ4v) is 3.64. The van der Waals surface area contributed by atoms with Gasteiger partial charge in [-0.3, -0.25) is 4.90 Å². The quantitative estimate of drug-likeness (QED) is 0.653. The van der Waals surface area contributed by atoms with E-state index in [-0.39, 0.29) is 12.4 Å².